The summed E-state index contributed by atoms with van der Waals surface area (Å²) in [7, 11) is 3.86. The van der Waals surface area contributed by atoms with Gasteiger partial charge in [0, 0.05) is 59.7 Å². The van der Waals surface area contributed by atoms with Gasteiger partial charge in [-0.15, -0.1) is 0 Å². The van der Waals surface area contributed by atoms with E-state index in [1.165, 1.54) is 0 Å². The van der Waals surface area contributed by atoms with Gasteiger partial charge in [-0.05, 0) is 56.4 Å². The van der Waals surface area contributed by atoms with Gasteiger partial charge in [0.2, 0.25) is 0 Å². The maximum atomic E-state index is 10.6. The van der Waals surface area contributed by atoms with Crippen LogP contribution in [0, 0.1) is 0 Å². The molecule has 0 atom stereocenters. The molecule has 178 valence electrons. The summed E-state index contributed by atoms with van der Waals surface area (Å²) in [4.78, 5) is 12.8. The predicted octanol–water partition coefficient (Wildman–Crippen LogP) is 5.38. The minimum Gasteiger partial charge on any atom is -0.508 e. The highest BCUT2D eigenvalue weighted by atomic mass is 16.5. The van der Waals surface area contributed by atoms with Gasteiger partial charge in [0.05, 0.1) is 7.11 Å². The summed E-state index contributed by atoms with van der Waals surface area (Å²) in [6.07, 6.45) is 5.02. The van der Waals surface area contributed by atoms with Crippen LogP contribution in [0.25, 0.3) is 33.3 Å². The second-order valence-corrected chi connectivity index (χ2v) is 8.80. The molecule has 2 aromatic carbocycles. The minimum absolute atomic E-state index is 0. The summed E-state index contributed by atoms with van der Waals surface area (Å²) in [6.45, 7) is 4.99. The summed E-state index contributed by atoms with van der Waals surface area (Å²) in [5.74, 6) is 1.18. The molecule has 0 bridgehead atoms. The average Bonchev–Trinajstić information content (AvgIpc) is 3.15. The van der Waals surface area contributed by atoms with E-state index in [0.29, 0.717) is 5.75 Å². The number of nitrogens with zero attached hydrogens (tertiary/aromatic N) is 3. The predicted molar refractivity (Wildman–Crippen MR) is 139 cm³/mol. The van der Waals surface area contributed by atoms with Crippen molar-refractivity contribution in [1.29, 1.82) is 0 Å². The standard InChI is InChI=1S/C27H30N4O2.CH4/c1-30-10-5-11-31(13-12-30)18-21-14-19(8-9-25(21)32)20-15-23-24(17-29-27(23)28-16-20)22-6-3-4-7-26(22)33-2;/h3-4,6-9,14-17,32H,5,10-13,18H2,1-2H3,(H,28,29);1H4. The van der Waals surface area contributed by atoms with Crippen LogP contribution in [0.5, 0.6) is 11.5 Å². The Labute approximate surface area is 201 Å². The van der Waals surface area contributed by atoms with E-state index in [0.717, 1.165) is 83.7 Å². The monoisotopic (exact) mass is 458 g/mol. The third kappa shape index (κ3) is 4.79. The number of phenolic OH excluding ortho intramolecular Hbond substituents is 1. The van der Waals surface area contributed by atoms with Crippen molar-refractivity contribution in [2.24, 2.45) is 0 Å². The second-order valence-electron chi connectivity index (χ2n) is 8.80. The zero-order valence-corrected chi connectivity index (χ0v) is 19.2. The number of hydrogen-bond donors (Lipinski definition) is 2. The van der Waals surface area contributed by atoms with Gasteiger partial charge in [-0.1, -0.05) is 31.7 Å². The summed E-state index contributed by atoms with van der Waals surface area (Å²) in [6, 6.07) is 16.1. The van der Waals surface area contributed by atoms with Gasteiger partial charge < -0.3 is 19.7 Å². The first-order valence-electron chi connectivity index (χ1n) is 11.5. The number of fused-ring (bicyclic) bond motifs is 1. The number of hydrogen-bond acceptors (Lipinski definition) is 5. The van der Waals surface area contributed by atoms with Crippen LogP contribution in [-0.2, 0) is 6.54 Å². The van der Waals surface area contributed by atoms with Gasteiger partial charge in [-0.25, -0.2) is 4.98 Å². The third-order valence-corrected chi connectivity index (χ3v) is 6.55. The van der Waals surface area contributed by atoms with Gasteiger partial charge in [0.25, 0.3) is 0 Å². The number of rotatable bonds is 5. The van der Waals surface area contributed by atoms with Gasteiger partial charge >= 0.3 is 0 Å². The molecule has 4 aromatic rings. The van der Waals surface area contributed by atoms with Crippen molar-refractivity contribution in [2.45, 2.75) is 20.4 Å². The zero-order valence-electron chi connectivity index (χ0n) is 19.2. The highest BCUT2D eigenvalue weighted by molar-refractivity contribution is 5.97. The maximum Gasteiger partial charge on any atom is 0.137 e. The highest BCUT2D eigenvalue weighted by Gasteiger charge is 2.16. The van der Waals surface area contributed by atoms with Crippen molar-refractivity contribution in [3.63, 3.8) is 0 Å². The van der Waals surface area contributed by atoms with Gasteiger partial charge in [-0.2, -0.15) is 0 Å². The van der Waals surface area contributed by atoms with Gasteiger partial charge in [0.1, 0.15) is 17.1 Å². The van der Waals surface area contributed by atoms with Crippen molar-refractivity contribution in [1.82, 2.24) is 19.8 Å². The number of aromatic hydroxyl groups is 1. The molecule has 5 rings (SSSR count). The fourth-order valence-corrected chi connectivity index (χ4v) is 4.64. The van der Waals surface area contributed by atoms with Crippen molar-refractivity contribution in [3.8, 4) is 33.8 Å². The largest absolute Gasteiger partial charge is 0.508 e. The van der Waals surface area contributed by atoms with E-state index >= 15 is 0 Å². The highest BCUT2D eigenvalue weighted by Crippen LogP contribution is 2.36. The van der Waals surface area contributed by atoms with Crippen LogP contribution in [0.3, 0.4) is 0 Å². The summed E-state index contributed by atoms with van der Waals surface area (Å²) in [5.41, 5.74) is 5.96. The number of phenols is 1. The molecule has 1 fully saturated rings. The van der Waals surface area contributed by atoms with Crippen LogP contribution in [0.15, 0.2) is 60.9 Å². The molecule has 0 saturated carbocycles. The molecule has 6 heteroatoms. The first-order valence-corrected chi connectivity index (χ1v) is 11.5. The minimum atomic E-state index is 0. The Hall–Kier alpha value is -3.35. The number of nitrogens with one attached hydrogen (secondary N) is 1. The van der Waals surface area contributed by atoms with E-state index in [4.69, 9.17) is 4.74 Å². The Balaban J connectivity index is 0.00000274. The average molecular weight is 459 g/mol. The Morgan fingerprint density at radius 2 is 1.85 bits per heavy atom. The number of benzene rings is 2. The quantitative estimate of drug-likeness (QED) is 0.420. The van der Waals surface area contributed by atoms with E-state index < -0.39 is 0 Å². The fraction of sp³-hybridized carbons (Fsp3) is 0.321. The number of ether oxygens (including phenoxy) is 1. The normalized spacial score (nSPS) is 15.1. The lowest BCUT2D eigenvalue weighted by Gasteiger charge is -2.21. The van der Waals surface area contributed by atoms with Crippen LogP contribution in [0.2, 0.25) is 0 Å². The number of likely N-dealkylation sites (N-methyl/N-ethyl adjacent to an activating group) is 1. The van der Waals surface area contributed by atoms with Gasteiger partial charge in [0.15, 0.2) is 0 Å². The van der Waals surface area contributed by atoms with E-state index in [1.54, 1.807) is 13.2 Å². The lowest BCUT2D eigenvalue weighted by molar-refractivity contribution is 0.266. The lowest BCUT2D eigenvalue weighted by atomic mass is 10.00. The van der Waals surface area contributed by atoms with E-state index in [2.05, 4.69) is 45.0 Å². The van der Waals surface area contributed by atoms with Crippen molar-refractivity contribution in [2.75, 3.05) is 40.3 Å². The number of para-hydroxylation sites is 1. The summed E-state index contributed by atoms with van der Waals surface area (Å²) >= 11 is 0. The molecule has 1 aliphatic heterocycles. The Kier molecular flexibility index (Phi) is 7.20. The molecule has 1 aliphatic rings. The molecule has 2 aromatic heterocycles. The number of aromatic amines is 1. The molecule has 0 aliphatic carbocycles. The van der Waals surface area contributed by atoms with Crippen LogP contribution >= 0.6 is 0 Å². The van der Waals surface area contributed by atoms with E-state index in [1.807, 2.05) is 36.7 Å². The topological polar surface area (TPSA) is 64.6 Å². The number of pyridine rings is 1. The Morgan fingerprint density at radius 3 is 2.71 bits per heavy atom. The van der Waals surface area contributed by atoms with E-state index in [-0.39, 0.29) is 7.43 Å². The molecule has 0 amide bonds. The fourth-order valence-electron chi connectivity index (χ4n) is 4.64. The molecule has 2 N–H and O–H groups in total. The van der Waals surface area contributed by atoms with Crippen LogP contribution < -0.4 is 4.74 Å². The smallest absolute Gasteiger partial charge is 0.137 e. The summed E-state index contributed by atoms with van der Waals surface area (Å²) in [5, 5.41) is 11.6. The molecule has 34 heavy (non-hydrogen) atoms. The number of aromatic nitrogens is 2. The Morgan fingerprint density at radius 1 is 1.00 bits per heavy atom. The van der Waals surface area contributed by atoms with Crippen molar-refractivity contribution in [3.05, 3.63) is 66.5 Å². The number of methoxy groups -OCH3 is 1. The molecular weight excluding hydrogens is 424 g/mol. The van der Waals surface area contributed by atoms with Gasteiger partial charge in [-0.3, -0.25) is 4.90 Å². The lowest BCUT2D eigenvalue weighted by Crippen LogP contribution is -2.28. The van der Waals surface area contributed by atoms with Crippen LogP contribution in [0.4, 0.5) is 0 Å². The van der Waals surface area contributed by atoms with Crippen molar-refractivity contribution >= 4 is 11.0 Å². The summed E-state index contributed by atoms with van der Waals surface area (Å²) < 4.78 is 5.58. The molecular formula is C28H34N4O2. The Bertz CT molecular complexity index is 1270. The molecule has 0 spiro atoms. The molecule has 6 nitrogen and oxygen atoms in total. The first-order chi connectivity index (χ1) is 16.1. The van der Waals surface area contributed by atoms with Crippen molar-refractivity contribution < 1.29 is 9.84 Å². The second kappa shape index (κ2) is 10.3. The van der Waals surface area contributed by atoms with E-state index in [9.17, 15) is 5.11 Å². The number of H-pyrrole nitrogens is 1. The van der Waals surface area contributed by atoms with Crippen LogP contribution in [-0.4, -0.2) is 65.2 Å². The molecule has 0 radical (unpaired) electrons. The zero-order chi connectivity index (χ0) is 22.8. The molecule has 0 unspecified atom stereocenters. The SMILES string of the molecule is C.COc1ccccc1-c1c[nH]c2ncc(-c3ccc(O)c(CN4CCCN(C)CC4)c3)cc12. The maximum absolute atomic E-state index is 10.6. The van der Waals surface area contributed by atoms with Crippen LogP contribution in [0.1, 0.15) is 19.4 Å². The molecule has 3 heterocycles. The third-order valence-electron chi connectivity index (χ3n) is 6.55. The first kappa shape index (κ1) is 23.8. The molecule has 1 saturated heterocycles.